The average Bonchev–Trinajstić information content (AvgIpc) is 2.93. The lowest BCUT2D eigenvalue weighted by Crippen LogP contribution is -2.54. The lowest BCUT2D eigenvalue weighted by Gasteiger charge is -2.36. The molecule has 6 N–H and O–H groups in total. The first-order valence-electron chi connectivity index (χ1n) is 15.8. The molecule has 4 rings (SSSR count). The largest absolute Gasteiger partial charge is 0.444 e. The van der Waals surface area contributed by atoms with Crippen LogP contribution in [0.5, 0.6) is 0 Å². The Labute approximate surface area is 313 Å². The minimum atomic E-state index is -3.89. The summed E-state index contributed by atoms with van der Waals surface area (Å²) in [6.45, 7) is 13.0. The van der Waals surface area contributed by atoms with Gasteiger partial charge in [0.1, 0.15) is 33.9 Å². The van der Waals surface area contributed by atoms with E-state index in [9.17, 15) is 35.2 Å². The van der Waals surface area contributed by atoms with Crippen molar-refractivity contribution in [3.05, 3.63) is 58.1 Å². The van der Waals surface area contributed by atoms with E-state index in [1.165, 1.54) is 46.1 Å². The number of benzene rings is 2. The summed E-state index contributed by atoms with van der Waals surface area (Å²) in [5.41, 5.74) is 7.59. The Balaban J connectivity index is 0.000000286. The Morgan fingerprint density at radius 2 is 1.19 bits per heavy atom. The van der Waals surface area contributed by atoms with E-state index >= 15 is 0 Å². The van der Waals surface area contributed by atoms with Crippen LogP contribution in [0.1, 0.15) is 66.5 Å². The van der Waals surface area contributed by atoms with Gasteiger partial charge in [-0.3, -0.25) is 10.6 Å². The molecule has 2 aromatic rings. The number of halogens is 3. The smallest absolute Gasteiger partial charge is 0.414 e. The molecule has 53 heavy (non-hydrogen) atoms. The van der Waals surface area contributed by atoms with E-state index in [0.717, 1.165) is 20.7 Å². The number of nitrogens with two attached hydrogens (primary N) is 2. The molecule has 16 nitrogen and oxygen atoms in total. The van der Waals surface area contributed by atoms with E-state index in [2.05, 4.69) is 20.6 Å². The molecule has 0 fully saturated rings. The number of carbonyl (C=O) groups excluding carboxylic acids is 2. The SMILES string of the molecule is CN1C(NC(=O)OC(C)(C)C)=N[C@](C)(c2cc(N)cc(F)c2)CS1(=O)=O.CN1C(NC(=O)OC(C)(C)C)=N[C@](C)(c2cc(N)cc(F)c2Cl)CS1(=O)=O. The molecule has 0 aromatic heterocycles. The van der Waals surface area contributed by atoms with Crippen LogP contribution < -0.4 is 22.1 Å². The summed E-state index contributed by atoms with van der Waals surface area (Å²) < 4.78 is 90.0. The number of hydrogen-bond acceptors (Lipinski definition) is 12. The number of hydrogen-bond donors (Lipinski definition) is 4. The van der Waals surface area contributed by atoms with E-state index in [-0.39, 0.29) is 39.4 Å². The first-order valence-corrected chi connectivity index (χ1v) is 19.4. The van der Waals surface area contributed by atoms with Gasteiger partial charge in [-0.2, -0.15) is 0 Å². The van der Waals surface area contributed by atoms with Gasteiger partial charge in [0, 0.05) is 31.0 Å². The monoisotopic (exact) mass is 806 g/mol. The lowest BCUT2D eigenvalue weighted by atomic mass is 9.94. The highest BCUT2D eigenvalue weighted by molar-refractivity contribution is 7.90. The van der Waals surface area contributed by atoms with Crippen LogP contribution in [0, 0.1) is 11.6 Å². The number of rotatable bonds is 2. The van der Waals surface area contributed by atoms with Crippen molar-refractivity contribution < 1.29 is 44.7 Å². The second-order valence-electron chi connectivity index (χ2n) is 14.8. The van der Waals surface area contributed by atoms with Crippen molar-refractivity contribution in [1.82, 2.24) is 19.2 Å². The molecule has 0 saturated carbocycles. The minimum Gasteiger partial charge on any atom is -0.444 e. The molecule has 2 amide bonds. The highest BCUT2D eigenvalue weighted by atomic mass is 35.5. The zero-order valence-electron chi connectivity index (χ0n) is 31.0. The van der Waals surface area contributed by atoms with Gasteiger partial charge >= 0.3 is 12.2 Å². The summed E-state index contributed by atoms with van der Waals surface area (Å²) in [5.74, 6) is -2.76. The maximum Gasteiger partial charge on any atom is 0.414 e. The van der Waals surface area contributed by atoms with Crippen LogP contribution in [0.3, 0.4) is 0 Å². The number of nitrogens with zero attached hydrogens (tertiary/aromatic N) is 4. The summed E-state index contributed by atoms with van der Waals surface area (Å²) in [5, 5.41) is 4.38. The van der Waals surface area contributed by atoms with Gasteiger partial charge in [0.05, 0.1) is 16.5 Å². The summed E-state index contributed by atoms with van der Waals surface area (Å²) in [4.78, 5) is 32.7. The number of guanidine groups is 2. The number of nitrogen functional groups attached to an aromatic ring is 2. The second-order valence-corrected chi connectivity index (χ2v) is 19.1. The molecule has 2 aliphatic heterocycles. The topological polar surface area (TPSA) is 228 Å². The van der Waals surface area contributed by atoms with Crippen LogP contribution in [0.2, 0.25) is 5.02 Å². The Morgan fingerprint density at radius 3 is 1.62 bits per heavy atom. The molecular weight excluding hydrogens is 762 g/mol. The van der Waals surface area contributed by atoms with Gasteiger partial charge in [-0.25, -0.2) is 53.8 Å². The molecular formula is C32H45ClF2N8O8S2. The van der Waals surface area contributed by atoms with Crippen molar-refractivity contribution in [3.63, 3.8) is 0 Å². The molecule has 0 unspecified atom stereocenters. The molecule has 2 atom stereocenters. The van der Waals surface area contributed by atoms with Gasteiger partial charge in [-0.15, -0.1) is 0 Å². The van der Waals surface area contributed by atoms with Crippen LogP contribution in [-0.2, 0) is 40.6 Å². The highest BCUT2D eigenvalue weighted by Gasteiger charge is 2.44. The van der Waals surface area contributed by atoms with E-state index in [4.69, 9.17) is 32.5 Å². The molecule has 2 aliphatic rings. The molecule has 21 heteroatoms. The van der Waals surface area contributed by atoms with Crippen molar-refractivity contribution in [1.29, 1.82) is 0 Å². The standard InChI is InChI=1S/C16H22ClFN4O4S.C16H23FN4O4S/c1-15(2,3)26-14(23)20-13-21-16(4,8-27(24,25)22(13)5)10-6-9(19)7-11(18)12(10)17;1-15(2,3)25-14(22)19-13-20-16(4,9-26(23,24)21(13)5)10-6-11(17)8-12(18)7-10/h6-7H,8,19H2,1-5H3,(H,20,21,23);6-8H,9,18H2,1-5H3,(H,19,20,22)/t2*16-/m00/s1. The van der Waals surface area contributed by atoms with E-state index in [1.807, 2.05) is 0 Å². The number of aliphatic imine (C=N–C) groups is 2. The summed E-state index contributed by atoms with van der Waals surface area (Å²) in [6, 6.07) is 6.15. The molecule has 2 heterocycles. The quantitative estimate of drug-likeness (QED) is 0.316. The third-order valence-electron chi connectivity index (χ3n) is 7.46. The molecule has 0 aliphatic carbocycles. The maximum atomic E-state index is 14.0. The van der Waals surface area contributed by atoms with Gasteiger partial charge in [-0.1, -0.05) is 11.6 Å². The number of anilines is 2. The van der Waals surface area contributed by atoms with Crippen molar-refractivity contribution in [2.45, 2.75) is 77.7 Å². The van der Waals surface area contributed by atoms with Gasteiger partial charge in [0.25, 0.3) is 0 Å². The first kappa shape index (κ1) is 43.0. The van der Waals surface area contributed by atoms with E-state index in [1.54, 1.807) is 41.5 Å². The van der Waals surface area contributed by atoms with Crippen molar-refractivity contribution in [3.8, 4) is 0 Å². The van der Waals surface area contributed by atoms with Gasteiger partial charge in [-0.05, 0) is 91.3 Å². The van der Waals surface area contributed by atoms with E-state index < -0.39 is 77.7 Å². The maximum absolute atomic E-state index is 14.0. The highest BCUT2D eigenvalue weighted by Crippen LogP contribution is 2.38. The lowest BCUT2D eigenvalue weighted by molar-refractivity contribution is 0.0546. The Hall–Kier alpha value is -4.43. The Bertz CT molecular complexity index is 2050. The van der Waals surface area contributed by atoms with E-state index in [0.29, 0.717) is 0 Å². The number of carbonyl (C=O) groups is 2. The molecule has 0 saturated heterocycles. The molecule has 294 valence electrons. The summed E-state index contributed by atoms with van der Waals surface area (Å²) in [7, 11) is -5.19. The molecule has 0 bridgehead atoms. The second kappa shape index (κ2) is 14.8. The predicted octanol–water partition coefficient (Wildman–Crippen LogP) is 4.21. The summed E-state index contributed by atoms with van der Waals surface area (Å²) >= 11 is 6.04. The Kier molecular flexibility index (Phi) is 12.0. The number of alkyl carbamates (subject to hydrolysis) is 2. The fraction of sp³-hybridized carbons (Fsp3) is 0.500. The molecule has 0 radical (unpaired) electrons. The minimum absolute atomic E-state index is 0.0707. The number of nitrogens with one attached hydrogen (secondary N) is 2. The zero-order chi connectivity index (χ0) is 40.7. The fourth-order valence-corrected chi connectivity index (χ4v) is 8.33. The predicted molar refractivity (Wildman–Crippen MR) is 198 cm³/mol. The number of ether oxygens (including phenoxy) is 2. The normalized spacial score (nSPS) is 22.4. The first-order chi connectivity index (χ1) is 23.9. The van der Waals surface area contributed by atoms with Crippen molar-refractivity contribution in [2.24, 2.45) is 9.98 Å². The summed E-state index contributed by atoms with van der Waals surface area (Å²) in [6.07, 6.45) is -1.72. The third-order valence-corrected chi connectivity index (χ3v) is 11.7. The third kappa shape index (κ3) is 10.8. The fourth-order valence-electron chi connectivity index (χ4n) is 5.05. The molecule has 0 spiro atoms. The van der Waals surface area contributed by atoms with Gasteiger partial charge in [0.2, 0.25) is 32.0 Å². The Morgan fingerprint density at radius 1 is 0.774 bits per heavy atom. The van der Waals surface area contributed by atoms with Crippen LogP contribution in [0.15, 0.2) is 40.3 Å². The number of sulfonamides is 2. The van der Waals surface area contributed by atoms with Crippen LogP contribution in [0.4, 0.5) is 29.7 Å². The average molecular weight is 807 g/mol. The van der Waals surface area contributed by atoms with Crippen molar-refractivity contribution >= 4 is 67.1 Å². The number of amides is 2. The zero-order valence-corrected chi connectivity index (χ0v) is 33.3. The van der Waals surface area contributed by atoms with Gasteiger partial charge in [0.15, 0.2) is 0 Å². The van der Waals surface area contributed by atoms with Crippen molar-refractivity contribution in [2.75, 3.05) is 37.1 Å². The molecule has 2 aromatic carbocycles. The van der Waals surface area contributed by atoms with Crippen LogP contribution in [-0.4, -0.2) is 86.4 Å². The van der Waals surface area contributed by atoms with Gasteiger partial charge < -0.3 is 20.9 Å². The van der Waals surface area contributed by atoms with Crippen LogP contribution in [0.25, 0.3) is 0 Å². The van der Waals surface area contributed by atoms with Crippen LogP contribution >= 0.6 is 11.6 Å².